The molecular weight excluding hydrogens is 368 g/mol. The van der Waals surface area contributed by atoms with Gasteiger partial charge in [-0.1, -0.05) is 17.7 Å². The summed E-state index contributed by atoms with van der Waals surface area (Å²) in [6.45, 7) is 8.20. The number of hydrogen-bond donors (Lipinski definition) is 1. The quantitative estimate of drug-likeness (QED) is 0.640. The molecule has 0 atom stereocenters. The van der Waals surface area contributed by atoms with Gasteiger partial charge >= 0.3 is 0 Å². The highest BCUT2D eigenvalue weighted by molar-refractivity contribution is 9.10. The van der Waals surface area contributed by atoms with Crippen molar-refractivity contribution >= 4 is 28.1 Å². The van der Waals surface area contributed by atoms with Crippen molar-refractivity contribution in [1.29, 1.82) is 5.26 Å². The van der Waals surface area contributed by atoms with Crippen LogP contribution in [0.15, 0.2) is 27.8 Å². The summed E-state index contributed by atoms with van der Waals surface area (Å²) in [6, 6.07) is 8.13. The molecule has 1 heterocycles. The number of rotatable bonds is 4. The topological polar surface area (TPSA) is 70.2 Å². The summed E-state index contributed by atoms with van der Waals surface area (Å²) in [7, 11) is 0. The van der Waals surface area contributed by atoms with E-state index in [4.69, 9.17) is 5.26 Å². The number of carbonyl (C=O) groups is 1. The molecule has 0 unspecified atom stereocenters. The lowest BCUT2D eigenvalue weighted by Gasteiger charge is -2.13. The fourth-order valence-electron chi connectivity index (χ4n) is 2.67. The number of nitriles is 1. The number of benzene rings is 1. The van der Waals surface area contributed by atoms with Gasteiger partial charge in [0.25, 0.3) is 5.91 Å². The summed E-state index contributed by atoms with van der Waals surface area (Å²) in [5.74, 6) is -0.423. The van der Waals surface area contributed by atoms with Gasteiger partial charge in [0.05, 0.1) is 12.3 Å². The van der Waals surface area contributed by atoms with E-state index in [-0.39, 0.29) is 6.42 Å². The SMILES string of the molecule is Cc1ccc(-n2c(C)c(Br)c(/C=N\NC(=O)CC#N)c2C)c(C)c1. The Morgan fingerprint density at radius 1 is 1.33 bits per heavy atom. The first-order valence-electron chi connectivity index (χ1n) is 7.50. The lowest BCUT2D eigenvalue weighted by molar-refractivity contribution is -0.120. The maximum atomic E-state index is 11.3. The van der Waals surface area contributed by atoms with Crippen molar-refractivity contribution in [2.45, 2.75) is 34.1 Å². The van der Waals surface area contributed by atoms with Crippen LogP contribution in [-0.4, -0.2) is 16.7 Å². The molecule has 1 amide bonds. The lowest BCUT2D eigenvalue weighted by Crippen LogP contribution is -2.16. The van der Waals surface area contributed by atoms with Crippen LogP contribution >= 0.6 is 15.9 Å². The molecule has 1 aromatic carbocycles. The first-order valence-corrected chi connectivity index (χ1v) is 8.30. The van der Waals surface area contributed by atoms with Crippen LogP contribution in [0.1, 0.15) is 34.5 Å². The van der Waals surface area contributed by atoms with E-state index >= 15 is 0 Å². The number of halogens is 1. The summed E-state index contributed by atoms with van der Waals surface area (Å²) >= 11 is 3.61. The van der Waals surface area contributed by atoms with E-state index in [1.54, 1.807) is 12.3 Å². The second-order valence-electron chi connectivity index (χ2n) is 5.65. The zero-order valence-electron chi connectivity index (χ0n) is 14.1. The van der Waals surface area contributed by atoms with E-state index in [1.807, 2.05) is 13.8 Å². The van der Waals surface area contributed by atoms with Crippen LogP contribution in [0.2, 0.25) is 0 Å². The number of hydrogen-bond acceptors (Lipinski definition) is 3. The number of hydrazone groups is 1. The maximum Gasteiger partial charge on any atom is 0.254 e. The molecule has 0 radical (unpaired) electrons. The van der Waals surface area contributed by atoms with E-state index in [9.17, 15) is 4.79 Å². The van der Waals surface area contributed by atoms with E-state index in [0.29, 0.717) is 0 Å². The van der Waals surface area contributed by atoms with Gasteiger partial charge in [0, 0.05) is 27.1 Å². The second-order valence-corrected chi connectivity index (χ2v) is 6.44. The van der Waals surface area contributed by atoms with E-state index in [1.165, 1.54) is 11.1 Å². The minimum absolute atomic E-state index is 0.208. The van der Waals surface area contributed by atoms with E-state index in [2.05, 4.69) is 63.1 Å². The van der Waals surface area contributed by atoms with E-state index in [0.717, 1.165) is 27.1 Å². The molecule has 2 rings (SSSR count). The highest BCUT2D eigenvalue weighted by Gasteiger charge is 2.16. The minimum Gasteiger partial charge on any atom is -0.316 e. The molecule has 0 aliphatic carbocycles. The van der Waals surface area contributed by atoms with Crippen LogP contribution in [0.3, 0.4) is 0 Å². The van der Waals surface area contributed by atoms with Crippen LogP contribution in [0.25, 0.3) is 5.69 Å². The van der Waals surface area contributed by atoms with Crippen molar-refractivity contribution in [3.05, 3.63) is 50.8 Å². The summed E-state index contributed by atoms with van der Waals surface area (Å²) < 4.78 is 3.09. The molecule has 24 heavy (non-hydrogen) atoms. The van der Waals surface area contributed by atoms with Gasteiger partial charge in [0.2, 0.25) is 0 Å². The largest absolute Gasteiger partial charge is 0.316 e. The first kappa shape index (κ1) is 18.0. The Morgan fingerprint density at radius 2 is 2.04 bits per heavy atom. The van der Waals surface area contributed by atoms with Crippen LogP contribution < -0.4 is 5.43 Å². The Bertz CT molecular complexity index is 859. The average molecular weight is 387 g/mol. The summed E-state index contributed by atoms with van der Waals surface area (Å²) in [5.41, 5.74) is 8.85. The molecule has 5 nitrogen and oxygen atoms in total. The Kier molecular flexibility index (Phi) is 5.58. The highest BCUT2D eigenvalue weighted by Crippen LogP contribution is 2.30. The van der Waals surface area contributed by atoms with Crippen molar-refractivity contribution in [3.8, 4) is 11.8 Å². The van der Waals surface area contributed by atoms with Crippen molar-refractivity contribution in [2.24, 2.45) is 5.10 Å². The normalized spacial score (nSPS) is 10.8. The van der Waals surface area contributed by atoms with Gasteiger partial charge < -0.3 is 4.57 Å². The van der Waals surface area contributed by atoms with Gasteiger partial charge in [0.15, 0.2) is 0 Å². The van der Waals surface area contributed by atoms with Gasteiger partial charge in [-0.15, -0.1) is 0 Å². The van der Waals surface area contributed by atoms with Gasteiger partial charge in [-0.25, -0.2) is 5.43 Å². The number of aryl methyl sites for hydroxylation is 2. The second kappa shape index (κ2) is 7.45. The minimum atomic E-state index is -0.423. The van der Waals surface area contributed by atoms with Crippen LogP contribution in [0.4, 0.5) is 0 Å². The molecule has 0 saturated carbocycles. The number of aromatic nitrogens is 1. The third-order valence-corrected chi connectivity index (χ3v) is 4.83. The van der Waals surface area contributed by atoms with Gasteiger partial charge in [0.1, 0.15) is 6.42 Å². The first-order chi connectivity index (χ1) is 11.4. The fraction of sp³-hybridized carbons (Fsp3) is 0.278. The number of amides is 1. The molecule has 0 bridgehead atoms. The standard InChI is InChI=1S/C18H19BrN4O/c1-11-5-6-16(12(2)9-11)23-13(3)15(18(19)14(23)4)10-21-22-17(24)7-8-20/h5-6,9-10H,7H2,1-4H3,(H,22,24)/b21-10-. The molecular formula is C18H19BrN4O. The zero-order valence-corrected chi connectivity index (χ0v) is 15.7. The Balaban J connectivity index is 2.42. The smallest absolute Gasteiger partial charge is 0.254 e. The number of nitrogens with one attached hydrogen (secondary N) is 1. The highest BCUT2D eigenvalue weighted by atomic mass is 79.9. The summed E-state index contributed by atoms with van der Waals surface area (Å²) in [4.78, 5) is 11.3. The van der Waals surface area contributed by atoms with Crippen molar-refractivity contribution in [2.75, 3.05) is 0 Å². The third kappa shape index (κ3) is 3.57. The summed E-state index contributed by atoms with van der Waals surface area (Å²) in [5, 5.41) is 12.4. The van der Waals surface area contributed by atoms with E-state index < -0.39 is 5.91 Å². The van der Waals surface area contributed by atoms with Gasteiger partial charge in [-0.05, 0) is 55.3 Å². The monoisotopic (exact) mass is 386 g/mol. The third-order valence-electron chi connectivity index (χ3n) is 3.83. The molecule has 0 aliphatic rings. The average Bonchev–Trinajstić information content (AvgIpc) is 2.72. The predicted octanol–water partition coefficient (Wildman–Crippen LogP) is 3.84. The maximum absolute atomic E-state index is 11.3. The Morgan fingerprint density at radius 3 is 2.67 bits per heavy atom. The number of nitrogens with zero attached hydrogens (tertiary/aromatic N) is 3. The molecule has 0 saturated heterocycles. The van der Waals surface area contributed by atoms with Crippen LogP contribution in [0, 0.1) is 39.0 Å². The molecule has 1 N–H and O–H groups in total. The van der Waals surface area contributed by atoms with Gasteiger partial charge in [-0.3, -0.25) is 4.79 Å². The lowest BCUT2D eigenvalue weighted by atomic mass is 10.1. The molecule has 2 aromatic rings. The Hall–Kier alpha value is -2.39. The molecule has 6 heteroatoms. The predicted molar refractivity (Wildman–Crippen MR) is 98.4 cm³/mol. The van der Waals surface area contributed by atoms with Crippen molar-refractivity contribution in [3.63, 3.8) is 0 Å². The van der Waals surface area contributed by atoms with Crippen LogP contribution in [-0.2, 0) is 4.79 Å². The fourth-order valence-corrected chi connectivity index (χ4v) is 3.24. The molecule has 1 aromatic heterocycles. The molecule has 0 aliphatic heterocycles. The van der Waals surface area contributed by atoms with Crippen molar-refractivity contribution < 1.29 is 4.79 Å². The van der Waals surface area contributed by atoms with Crippen molar-refractivity contribution in [1.82, 2.24) is 9.99 Å². The zero-order chi connectivity index (χ0) is 17.9. The number of carbonyl (C=O) groups excluding carboxylic acids is 1. The summed E-state index contributed by atoms with van der Waals surface area (Å²) in [6.07, 6.45) is 1.39. The van der Waals surface area contributed by atoms with Gasteiger partial charge in [-0.2, -0.15) is 10.4 Å². The molecule has 124 valence electrons. The molecule has 0 spiro atoms. The molecule has 0 fully saturated rings. The van der Waals surface area contributed by atoms with Crippen LogP contribution in [0.5, 0.6) is 0 Å². The Labute approximate surface area is 150 Å².